The zero-order valence-electron chi connectivity index (χ0n) is 97.3. The molecule has 0 fully saturated rings. The molecule has 0 bridgehead atoms. The number of imidazole rings is 1. The second-order valence-electron chi connectivity index (χ2n) is 22.7. The average molecular weight is 1980 g/mol. The number of benzene rings is 7. The highest BCUT2D eigenvalue weighted by Gasteiger charge is 2.13. The van der Waals surface area contributed by atoms with Crippen molar-refractivity contribution in [2.75, 3.05) is 0 Å². The van der Waals surface area contributed by atoms with E-state index in [-0.39, 0.29) is 0 Å². The standard InChI is InChI=1S/C8H9N.C8H7N.C8H6O.C8H6S.2C7H6N2.C7H5NO.C7H5NS.C7H9N.C7H8O.C7H8S.22C2H6/c1-3-7-4-2-6-9-8(7)5-1;3*1-2-4-8-7(3-1)5-6-9-8;1-2-4-7-6(3-1)8-5-9-7;1-2-4-7-6(3-1)5-8-9-7;2*1-2-4-7-6(3-1)8-5-9-7;3*1-2-6-4-5-8-7(6)3-1;22*1-2/h2,4,6H,1,3,5H2;1-6,9H;2*1-6H;2*1-5H,(H,8,9);2*1-5H;4-5,8H,1-3H2;2*4-5H,1-3H2;22*1-2H3. The number of para-hydroxylation sites is 8. The summed E-state index contributed by atoms with van der Waals surface area (Å²) in [4.78, 5) is 27.4. The van der Waals surface area contributed by atoms with Crippen LogP contribution in [-0.2, 0) is 51.4 Å². The Morgan fingerprint density at radius 1 is 0.264 bits per heavy atom. The van der Waals surface area contributed by atoms with Crippen LogP contribution in [0.2, 0.25) is 0 Å². The first-order chi connectivity index (χ1) is 69.6. The van der Waals surface area contributed by atoms with E-state index in [0.717, 1.165) is 55.9 Å². The Hall–Kier alpha value is -10.7. The van der Waals surface area contributed by atoms with Gasteiger partial charge in [-0.15, -0.1) is 34.0 Å². The Labute approximate surface area is 872 Å². The first-order valence-electron chi connectivity index (χ1n) is 54.5. The van der Waals surface area contributed by atoms with Gasteiger partial charge in [0.1, 0.15) is 16.9 Å². The molecule has 22 rings (SSSR count). The van der Waals surface area contributed by atoms with Gasteiger partial charge in [0.2, 0.25) is 0 Å². The Morgan fingerprint density at radius 3 is 1.27 bits per heavy atom. The molecule has 15 heteroatoms. The first-order valence-corrected chi connectivity index (χ1v) is 57.1. The third-order valence-electron chi connectivity index (χ3n) is 16.4. The van der Waals surface area contributed by atoms with E-state index in [4.69, 9.17) is 13.3 Å². The van der Waals surface area contributed by atoms with E-state index in [2.05, 4.69) is 135 Å². The van der Waals surface area contributed by atoms with E-state index in [0.29, 0.717) is 0 Å². The summed E-state index contributed by atoms with van der Waals surface area (Å²) in [7, 11) is 0. The number of thiophene rings is 2. The van der Waals surface area contributed by atoms with E-state index in [1.165, 1.54) is 137 Å². The lowest BCUT2D eigenvalue weighted by Gasteiger charge is -1.92. The Bertz CT molecular complexity index is 4150. The number of hydrogen-bond acceptors (Lipinski definition) is 11. The quantitative estimate of drug-likeness (QED) is 0.116. The molecule has 0 spiro atoms. The van der Waals surface area contributed by atoms with Crippen LogP contribution in [-0.4, -0.2) is 45.1 Å². The summed E-state index contributed by atoms with van der Waals surface area (Å²) in [5.41, 5.74) is 18.9. The fraction of sp³-hybridized carbons (Fsp3) is 0.448. The normalized spacial score (nSPS) is 9.37. The summed E-state index contributed by atoms with van der Waals surface area (Å²) < 4.78 is 17.9. The molecule has 140 heavy (non-hydrogen) atoms. The van der Waals surface area contributed by atoms with Gasteiger partial charge in [0, 0.05) is 62.3 Å². The minimum atomic E-state index is 0.845. The SMILES string of the molecule is CC.CC.CC.CC.CC.CC.CC.CC.CC.CC.CC.CC.CC.CC.CC.CC.CC.CC.CC.CC.CC.CC.c1cc2c([nH]1)CCC2.c1cc2c(o1)CCC2.c1cc2c(s1)CCC2.c1ccc2[nH]ccc2c1.c1ccc2[nH]cnc2c1.c1ccc2[nH]ncc2c1.c1ccc2occc2c1.c1ccc2ocnc2c1.c1ccc2sccc2c1.c1ccc2scnc2c1.c1cnc2c(c1)CCC2. The second kappa shape index (κ2) is 124. The highest BCUT2D eigenvalue weighted by molar-refractivity contribution is 7.17. The molecule has 12 nitrogen and oxygen atoms in total. The van der Waals surface area contributed by atoms with Gasteiger partial charge in [-0.25, -0.2) is 15.0 Å². The van der Waals surface area contributed by atoms with Crippen LogP contribution < -0.4 is 0 Å². The molecular formula is C125H207N9O3S3. The highest BCUT2D eigenvalue weighted by atomic mass is 32.1. The van der Waals surface area contributed by atoms with Crippen LogP contribution in [0.25, 0.3) is 75.2 Å². The molecule has 11 aromatic heterocycles. The van der Waals surface area contributed by atoms with E-state index >= 15 is 0 Å². The van der Waals surface area contributed by atoms with Crippen molar-refractivity contribution >= 4 is 109 Å². The number of pyridine rings is 1. The molecule has 4 aliphatic rings. The summed E-state index contributed by atoms with van der Waals surface area (Å²) in [6.07, 6.45) is 29.7. The molecule has 0 amide bonds. The van der Waals surface area contributed by atoms with Gasteiger partial charge >= 0.3 is 0 Å². The fourth-order valence-electron chi connectivity index (χ4n) is 11.4. The van der Waals surface area contributed by atoms with E-state index in [9.17, 15) is 0 Å². The molecule has 0 saturated heterocycles. The summed E-state index contributed by atoms with van der Waals surface area (Å²) in [5.74, 6) is 1.21. The summed E-state index contributed by atoms with van der Waals surface area (Å²) in [6, 6.07) is 73.2. The number of nitrogens with zero attached hydrogens (tertiary/aromatic N) is 5. The summed E-state index contributed by atoms with van der Waals surface area (Å²) in [6.45, 7) is 88.0. The van der Waals surface area contributed by atoms with Crippen LogP contribution >= 0.6 is 34.0 Å². The zero-order chi connectivity index (χ0) is 109. The van der Waals surface area contributed by atoms with Gasteiger partial charge in [-0.3, -0.25) is 10.1 Å². The molecule has 18 aromatic rings. The number of aryl methyl sites for hydroxylation is 8. The number of hydrogen-bond donors (Lipinski definition) is 4. The molecule has 0 aliphatic heterocycles. The Morgan fingerprint density at radius 2 is 0.729 bits per heavy atom. The summed E-state index contributed by atoms with van der Waals surface area (Å²) >= 11 is 5.38. The van der Waals surface area contributed by atoms with Gasteiger partial charge < -0.3 is 28.2 Å². The number of thiazole rings is 1. The zero-order valence-corrected chi connectivity index (χ0v) is 99.8. The molecule has 0 radical (unpaired) electrons. The van der Waals surface area contributed by atoms with Gasteiger partial charge in [0.25, 0.3) is 0 Å². The van der Waals surface area contributed by atoms with Crippen LogP contribution in [0.15, 0.2) is 298 Å². The van der Waals surface area contributed by atoms with Crippen molar-refractivity contribution < 1.29 is 13.3 Å². The molecule has 788 valence electrons. The maximum atomic E-state index is 5.18. The molecule has 0 saturated carbocycles. The topological polar surface area (TPSA) is 167 Å². The van der Waals surface area contributed by atoms with Crippen LogP contribution in [0, 0.1) is 0 Å². The lowest BCUT2D eigenvalue weighted by atomic mass is 10.2. The van der Waals surface area contributed by atoms with Crippen LogP contribution in [0.5, 0.6) is 0 Å². The maximum absolute atomic E-state index is 5.18. The molecule has 0 unspecified atom stereocenters. The van der Waals surface area contributed by atoms with Crippen molar-refractivity contribution in [3.63, 3.8) is 0 Å². The van der Waals surface area contributed by atoms with Gasteiger partial charge in [-0.05, 0) is 218 Å². The van der Waals surface area contributed by atoms with Crippen LogP contribution in [0.1, 0.15) is 375 Å². The van der Waals surface area contributed by atoms with E-state index < -0.39 is 0 Å². The number of fused-ring (bicyclic) bond motifs is 11. The Kier molecular flexibility index (Phi) is 135. The van der Waals surface area contributed by atoms with Crippen molar-refractivity contribution in [2.24, 2.45) is 0 Å². The molecule has 4 N–H and O–H groups in total. The van der Waals surface area contributed by atoms with Gasteiger partial charge in [0.05, 0.1) is 57.3 Å². The number of oxazole rings is 1. The minimum absolute atomic E-state index is 0.845. The van der Waals surface area contributed by atoms with E-state index in [1.807, 2.05) is 486 Å². The molecule has 11 heterocycles. The third kappa shape index (κ3) is 67.6. The predicted molar refractivity (Wildman–Crippen MR) is 648 cm³/mol. The van der Waals surface area contributed by atoms with Gasteiger partial charge in [0.15, 0.2) is 12.0 Å². The monoisotopic (exact) mass is 1980 g/mol. The maximum Gasteiger partial charge on any atom is 0.181 e. The average Bonchev–Trinajstić information content (AvgIpc) is 1.72. The van der Waals surface area contributed by atoms with Crippen molar-refractivity contribution in [2.45, 2.75) is 382 Å². The molecular weight excluding hydrogens is 1770 g/mol. The van der Waals surface area contributed by atoms with Crippen LogP contribution in [0.4, 0.5) is 0 Å². The third-order valence-corrected chi connectivity index (χ3v) is 19.1. The molecule has 7 aromatic carbocycles. The Balaban J connectivity index is -0.000000140. The van der Waals surface area contributed by atoms with Gasteiger partial charge in [-0.2, -0.15) is 5.10 Å². The lowest BCUT2D eigenvalue weighted by Crippen LogP contribution is -1.83. The molecule has 4 aliphatic carbocycles. The number of H-pyrrole nitrogens is 4. The van der Waals surface area contributed by atoms with Crippen LogP contribution in [0.3, 0.4) is 0 Å². The largest absolute Gasteiger partial charge is 0.469 e. The fourth-order valence-corrected chi connectivity index (χ4v) is 13.9. The van der Waals surface area contributed by atoms with Crippen molar-refractivity contribution in [3.05, 3.63) is 329 Å². The van der Waals surface area contributed by atoms with Crippen molar-refractivity contribution in [1.82, 2.24) is 45.1 Å². The van der Waals surface area contributed by atoms with Gasteiger partial charge in [-0.1, -0.05) is 420 Å². The second-order valence-corrected chi connectivity index (χ2v) is 25.6. The number of rotatable bonds is 0. The minimum Gasteiger partial charge on any atom is -0.469 e. The number of furan rings is 2. The molecule has 0 atom stereocenters. The predicted octanol–water partition coefficient (Wildman–Crippen LogP) is 44.4. The van der Waals surface area contributed by atoms with E-state index in [1.54, 1.807) is 52.0 Å². The number of aromatic nitrogens is 9. The van der Waals surface area contributed by atoms with Crippen molar-refractivity contribution in [3.8, 4) is 0 Å². The lowest BCUT2D eigenvalue weighted by molar-refractivity contribution is 0.515. The first kappa shape index (κ1) is 152. The van der Waals surface area contributed by atoms with Crippen molar-refractivity contribution in [1.29, 1.82) is 0 Å². The summed E-state index contributed by atoms with van der Waals surface area (Å²) in [5, 5.41) is 16.0. The number of nitrogens with one attached hydrogen (secondary N) is 4. The number of aromatic amines is 4. The highest BCUT2D eigenvalue weighted by Crippen LogP contribution is 2.27. The smallest absolute Gasteiger partial charge is 0.181 e.